The number of fused-ring (bicyclic) bond motifs is 1. The van der Waals surface area contributed by atoms with Crippen LogP contribution in [0.5, 0.6) is 0 Å². The van der Waals surface area contributed by atoms with Gasteiger partial charge in [-0.05, 0) is 79.6 Å². The maximum Gasteiger partial charge on any atom is 0.311 e. The zero-order valence-electron chi connectivity index (χ0n) is 25.1. The second kappa shape index (κ2) is 13.2. The van der Waals surface area contributed by atoms with Gasteiger partial charge in [0.15, 0.2) is 5.72 Å². The Morgan fingerprint density at radius 1 is 1.16 bits per heavy atom. The lowest BCUT2D eigenvalue weighted by atomic mass is 9.74. The molecular formula is C35H36Cl2FNO6. The number of hydrogen-bond donors (Lipinski definition) is 2. The molecule has 1 fully saturated rings. The van der Waals surface area contributed by atoms with Gasteiger partial charge >= 0.3 is 5.97 Å². The molecule has 0 spiro atoms. The van der Waals surface area contributed by atoms with Gasteiger partial charge < -0.3 is 19.7 Å². The average Bonchev–Trinajstić information content (AvgIpc) is 3.28. The van der Waals surface area contributed by atoms with Gasteiger partial charge in [0.25, 0.3) is 5.91 Å². The van der Waals surface area contributed by atoms with E-state index in [0.29, 0.717) is 41.7 Å². The zero-order chi connectivity index (χ0) is 32.5. The maximum absolute atomic E-state index is 16.6. The van der Waals surface area contributed by atoms with Crippen molar-refractivity contribution in [2.45, 2.75) is 50.5 Å². The molecule has 1 saturated heterocycles. The van der Waals surface area contributed by atoms with Gasteiger partial charge in [-0.2, -0.15) is 0 Å². The van der Waals surface area contributed by atoms with Crippen LogP contribution in [0.3, 0.4) is 0 Å². The molecule has 0 aromatic heterocycles. The molecule has 4 atom stereocenters. The van der Waals surface area contributed by atoms with Gasteiger partial charge in [0.05, 0.1) is 28.7 Å². The van der Waals surface area contributed by atoms with Crippen molar-refractivity contribution in [2.75, 3.05) is 19.8 Å². The predicted molar refractivity (Wildman–Crippen MR) is 169 cm³/mol. The Morgan fingerprint density at radius 3 is 2.33 bits per heavy atom. The van der Waals surface area contributed by atoms with Crippen LogP contribution in [-0.2, 0) is 25.6 Å². The lowest BCUT2D eigenvalue weighted by Gasteiger charge is -2.42. The minimum absolute atomic E-state index is 0.0636. The molecule has 0 aliphatic carbocycles. The Balaban J connectivity index is 1.74. The monoisotopic (exact) mass is 655 g/mol. The number of benzene rings is 3. The summed E-state index contributed by atoms with van der Waals surface area (Å²) in [6.45, 7) is 7.85. The highest BCUT2D eigenvalue weighted by Gasteiger charge is 2.57. The summed E-state index contributed by atoms with van der Waals surface area (Å²) in [4.78, 5) is 29.1. The summed E-state index contributed by atoms with van der Waals surface area (Å²) in [6, 6.07) is 14.1. The second-order valence-electron chi connectivity index (χ2n) is 11.6. The Kier molecular flexibility index (Phi) is 9.73. The first-order chi connectivity index (χ1) is 21.5. The highest BCUT2D eigenvalue weighted by molar-refractivity contribution is 6.30. The summed E-state index contributed by atoms with van der Waals surface area (Å²) in [6.07, 6.45) is 2.84. The lowest BCUT2D eigenvalue weighted by Crippen LogP contribution is -2.50. The van der Waals surface area contributed by atoms with E-state index in [-0.39, 0.29) is 41.2 Å². The molecule has 238 valence electrons. The highest BCUT2D eigenvalue weighted by Crippen LogP contribution is 2.51. The topological polar surface area (TPSA) is 96.3 Å². The third-order valence-electron chi connectivity index (χ3n) is 9.10. The zero-order valence-corrected chi connectivity index (χ0v) is 26.7. The van der Waals surface area contributed by atoms with E-state index in [0.717, 1.165) is 4.90 Å². The van der Waals surface area contributed by atoms with Crippen LogP contribution in [0.25, 0.3) is 0 Å². The molecule has 45 heavy (non-hydrogen) atoms. The second-order valence-corrected chi connectivity index (χ2v) is 12.5. The predicted octanol–water partition coefficient (Wildman–Crippen LogP) is 6.91. The molecule has 1 amide bonds. The molecule has 3 aromatic carbocycles. The van der Waals surface area contributed by atoms with E-state index in [4.69, 9.17) is 32.7 Å². The molecule has 7 nitrogen and oxygen atoms in total. The number of halogens is 3. The van der Waals surface area contributed by atoms with Crippen molar-refractivity contribution in [3.63, 3.8) is 0 Å². The Hall–Kier alpha value is -3.27. The molecule has 3 aromatic rings. The van der Waals surface area contributed by atoms with E-state index >= 15 is 4.39 Å². The lowest BCUT2D eigenvalue weighted by molar-refractivity contribution is -0.152. The van der Waals surface area contributed by atoms with Crippen molar-refractivity contribution >= 4 is 35.1 Å². The van der Waals surface area contributed by atoms with Crippen LogP contribution in [-0.4, -0.2) is 46.8 Å². The van der Waals surface area contributed by atoms with Crippen LogP contribution in [0.4, 0.5) is 4.39 Å². The number of amides is 1. The Bertz CT molecular complexity index is 1580. The van der Waals surface area contributed by atoms with Crippen LogP contribution in [0.15, 0.2) is 73.3 Å². The van der Waals surface area contributed by atoms with E-state index < -0.39 is 41.0 Å². The van der Waals surface area contributed by atoms with E-state index in [1.807, 2.05) is 6.92 Å². The van der Waals surface area contributed by atoms with Crippen LogP contribution in [0.2, 0.25) is 10.0 Å². The molecule has 2 heterocycles. The molecular weight excluding hydrogens is 620 g/mol. The summed E-state index contributed by atoms with van der Waals surface area (Å²) in [5.74, 6) is -3.50. The number of nitrogens with zero attached hydrogens (tertiary/aromatic N) is 1. The van der Waals surface area contributed by atoms with Gasteiger partial charge in [0, 0.05) is 28.8 Å². The number of hydrogen-bond acceptors (Lipinski definition) is 6. The quantitative estimate of drug-likeness (QED) is 0.182. The van der Waals surface area contributed by atoms with Gasteiger partial charge in [-0.25, -0.2) is 4.39 Å². The third kappa shape index (κ3) is 5.90. The summed E-state index contributed by atoms with van der Waals surface area (Å²) in [7, 11) is 0. The summed E-state index contributed by atoms with van der Waals surface area (Å²) in [5.41, 5.74) is -3.36. The molecule has 0 bridgehead atoms. The van der Waals surface area contributed by atoms with Gasteiger partial charge in [-0.15, -0.1) is 0 Å². The molecule has 2 aliphatic rings. The number of carbonyl (C=O) groups excluding carboxylic acids is 2. The van der Waals surface area contributed by atoms with Crippen molar-refractivity contribution < 1.29 is 33.7 Å². The molecule has 5 rings (SSSR count). The fourth-order valence-electron chi connectivity index (χ4n) is 6.70. The first kappa shape index (κ1) is 33.1. The first-order valence-electron chi connectivity index (χ1n) is 15.0. The molecule has 1 unspecified atom stereocenters. The van der Waals surface area contributed by atoms with Crippen molar-refractivity contribution in [1.29, 1.82) is 0 Å². The Labute approximate surface area is 272 Å². The minimum atomic E-state index is -2.38. The fourth-order valence-corrected chi connectivity index (χ4v) is 6.95. The van der Waals surface area contributed by atoms with E-state index in [1.54, 1.807) is 31.2 Å². The summed E-state index contributed by atoms with van der Waals surface area (Å²) in [5, 5.41) is 25.5. The summed E-state index contributed by atoms with van der Waals surface area (Å²) >= 11 is 12.4. The van der Waals surface area contributed by atoms with Gasteiger partial charge in [-0.3, -0.25) is 14.5 Å². The van der Waals surface area contributed by atoms with Crippen molar-refractivity contribution in [2.24, 2.45) is 11.8 Å². The smallest absolute Gasteiger partial charge is 0.311 e. The van der Waals surface area contributed by atoms with E-state index in [1.165, 1.54) is 42.5 Å². The number of rotatable bonds is 10. The standard InChI is InChI=1S/C35H36Cl2FNO6/c1-4-16-45-33(41)21(3)31(22-6-10-26(36)11-7-22)39-32(40)28-19-25(34(42,5-2)23-14-17-44-18-15-23)20-29(38)30(28)35(39,43)24-8-12-27(37)13-9-24/h4,6-13,19-21,23,31,42-43H,1,5,14-18H2,2-3H3/t21-,31-,34-,35?/m0/s1. The Morgan fingerprint density at radius 2 is 1.76 bits per heavy atom. The molecule has 2 aliphatic heterocycles. The maximum atomic E-state index is 16.6. The SMILES string of the molecule is C=CCOC(=O)[C@@H](C)[C@@H](c1ccc(Cl)cc1)N1C(=O)c2cc([C@](O)(CC)C3CCOCC3)cc(F)c2C1(O)c1ccc(Cl)cc1. The fraction of sp³-hybridized carbons (Fsp3) is 0.371. The molecule has 2 N–H and O–H groups in total. The molecule has 0 radical (unpaired) electrons. The number of esters is 1. The number of carbonyl (C=O) groups is 2. The van der Waals surface area contributed by atoms with Crippen molar-refractivity contribution in [1.82, 2.24) is 4.90 Å². The number of ether oxygens (including phenoxy) is 2. The largest absolute Gasteiger partial charge is 0.461 e. The normalized spacial score (nSPS) is 21.1. The number of aliphatic hydroxyl groups is 2. The third-order valence-corrected chi connectivity index (χ3v) is 9.60. The van der Waals surface area contributed by atoms with Crippen molar-refractivity contribution in [3.05, 3.63) is 117 Å². The van der Waals surface area contributed by atoms with E-state index in [2.05, 4.69) is 6.58 Å². The van der Waals surface area contributed by atoms with E-state index in [9.17, 15) is 19.8 Å². The summed E-state index contributed by atoms with van der Waals surface area (Å²) < 4.78 is 27.5. The molecule has 10 heteroatoms. The van der Waals surface area contributed by atoms with Crippen LogP contribution < -0.4 is 0 Å². The van der Waals surface area contributed by atoms with Crippen molar-refractivity contribution in [3.8, 4) is 0 Å². The van der Waals surface area contributed by atoms with Gasteiger partial charge in [-0.1, -0.05) is 67.0 Å². The van der Waals surface area contributed by atoms with Gasteiger partial charge in [0.2, 0.25) is 0 Å². The van der Waals surface area contributed by atoms with Crippen LogP contribution in [0, 0.1) is 17.7 Å². The molecule has 0 saturated carbocycles. The highest BCUT2D eigenvalue weighted by atomic mass is 35.5. The average molecular weight is 657 g/mol. The first-order valence-corrected chi connectivity index (χ1v) is 15.7. The van der Waals surface area contributed by atoms with Gasteiger partial charge in [0.1, 0.15) is 12.4 Å². The minimum Gasteiger partial charge on any atom is -0.461 e. The van der Waals surface area contributed by atoms with Crippen LogP contribution in [0.1, 0.15) is 71.8 Å². The van der Waals surface area contributed by atoms with Crippen LogP contribution >= 0.6 is 23.2 Å².